The van der Waals surface area contributed by atoms with E-state index in [0.29, 0.717) is 5.56 Å². The highest BCUT2D eigenvalue weighted by molar-refractivity contribution is 5.87. The van der Waals surface area contributed by atoms with E-state index in [2.05, 4.69) is 10.5 Å². The van der Waals surface area contributed by atoms with Crippen LogP contribution >= 0.6 is 0 Å². The van der Waals surface area contributed by atoms with Crippen molar-refractivity contribution in [2.45, 2.75) is 12.8 Å². The van der Waals surface area contributed by atoms with Crippen molar-refractivity contribution in [1.29, 1.82) is 0 Å². The Morgan fingerprint density at radius 1 is 1.47 bits per heavy atom. The number of rotatable bonds is 4. The Hall–Kier alpha value is -2.24. The quantitative estimate of drug-likeness (QED) is 0.485. The minimum absolute atomic E-state index is 0.0306. The molecule has 1 saturated carbocycles. The second-order valence-electron chi connectivity index (χ2n) is 3.82. The Morgan fingerprint density at radius 3 is 2.82 bits per heavy atom. The molecule has 0 aromatic heterocycles. The smallest absolute Gasteiger partial charge is 0.273 e. The third kappa shape index (κ3) is 2.87. The van der Waals surface area contributed by atoms with Crippen molar-refractivity contribution in [3.8, 4) is 0 Å². The van der Waals surface area contributed by atoms with Crippen LogP contribution in [0.25, 0.3) is 0 Å². The second kappa shape index (κ2) is 4.73. The van der Waals surface area contributed by atoms with E-state index in [9.17, 15) is 14.9 Å². The molecule has 1 amide bonds. The van der Waals surface area contributed by atoms with Gasteiger partial charge in [0.15, 0.2) is 0 Å². The summed E-state index contributed by atoms with van der Waals surface area (Å²) in [6.07, 6.45) is 3.08. The number of hydrogen-bond acceptors (Lipinski definition) is 4. The van der Waals surface area contributed by atoms with Crippen LogP contribution in [0, 0.1) is 16.0 Å². The van der Waals surface area contributed by atoms with E-state index in [4.69, 9.17) is 0 Å². The maximum absolute atomic E-state index is 11.3. The summed E-state index contributed by atoms with van der Waals surface area (Å²) in [7, 11) is 0. The van der Waals surface area contributed by atoms with E-state index < -0.39 is 4.92 Å². The number of nitro benzene ring substituents is 1. The fraction of sp³-hybridized carbons (Fsp3) is 0.273. The van der Waals surface area contributed by atoms with Crippen LogP contribution in [0.2, 0.25) is 0 Å². The van der Waals surface area contributed by atoms with E-state index in [1.807, 2.05) is 0 Å². The summed E-state index contributed by atoms with van der Waals surface area (Å²) in [5.41, 5.74) is 2.71. The Kier molecular flexibility index (Phi) is 3.13. The number of para-hydroxylation sites is 1. The number of carbonyl (C=O) groups is 1. The minimum Gasteiger partial charge on any atom is -0.273 e. The molecule has 1 fully saturated rings. The summed E-state index contributed by atoms with van der Waals surface area (Å²) in [4.78, 5) is 21.5. The van der Waals surface area contributed by atoms with E-state index >= 15 is 0 Å². The largest absolute Gasteiger partial charge is 0.278 e. The van der Waals surface area contributed by atoms with E-state index in [-0.39, 0.29) is 17.5 Å². The molecule has 6 heteroatoms. The molecule has 2 rings (SSSR count). The predicted molar refractivity (Wildman–Crippen MR) is 61.6 cm³/mol. The zero-order valence-electron chi connectivity index (χ0n) is 9.00. The lowest BCUT2D eigenvalue weighted by molar-refractivity contribution is -0.385. The average molecular weight is 233 g/mol. The molecule has 1 N–H and O–H groups in total. The SMILES string of the molecule is O=C(N/N=C\c1ccccc1[N+](=O)[O-])C1CC1. The van der Waals surface area contributed by atoms with Crippen LogP contribution in [-0.4, -0.2) is 17.0 Å². The van der Waals surface area contributed by atoms with Gasteiger partial charge in [-0.05, 0) is 18.9 Å². The van der Waals surface area contributed by atoms with Gasteiger partial charge >= 0.3 is 0 Å². The standard InChI is InChI=1S/C11H11N3O3/c15-11(8-5-6-8)13-12-7-9-3-1-2-4-10(9)14(16)17/h1-4,7-8H,5-6H2,(H,13,15)/b12-7-. The van der Waals surface area contributed by atoms with Crippen molar-refractivity contribution in [2.24, 2.45) is 11.0 Å². The van der Waals surface area contributed by atoms with Gasteiger partial charge in [-0.25, -0.2) is 5.43 Å². The number of nitro groups is 1. The van der Waals surface area contributed by atoms with Crippen molar-refractivity contribution in [1.82, 2.24) is 5.43 Å². The lowest BCUT2D eigenvalue weighted by Crippen LogP contribution is -2.19. The van der Waals surface area contributed by atoms with Crippen molar-refractivity contribution in [3.63, 3.8) is 0 Å². The van der Waals surface area contributed by atoms with Gasteiger partial charge in [0.1, 0.15) is 0 Å². The third-order valence-electron chi connectivity index (χ3n) is 2.46. The summed E-state index contributed by atoms with van der Waals surface area (Å²) >= 11 is 0. The molecule has 6 nitrogen and oxygen atoms in total. The first-order chi connectivity index (χ1) is 8.18. The molecule has 0 spiro atoms. The number of hydrazone groups is 1. The molecule has 1 aromatic carbocycles. The number of nitrogens with one attached hydrogen (secondary N) is 1. The van der Waals surface area contributed by atoms with Crippen molar-refractivity contribution >= 4 is 17.8 Å². The fourth-order valence-electron chi connectivity index (χ4n) is 1.37. The Balaban J connectivity index is 2.04. The maximum atomic E-state index is 11.3. The Morgan fingerprint density at radius 2 is 2.18 bits per heavy atom. The fourth-order valence-corrected chi connectivity index (χ4v) is 1.37. The zero-order valence-corrected chi connectivity index (χ0v) is 9.00. The van der Waals surface area contributed by atoms with E-state index in [1.165, 1.54) is 12.3 Å². The van der Waals surface area contributed by atoms with Gasteiger partial charge in [0.2, 0.25) is 5.91 Å². The van der Waals surface area contributed by atoms with Crippen LogP contribution in [0.3, 0.4) is 0 Å². The molecule has 0 bridgehead atoms. The molecule has 1 aliphatic rings. The monoisotopic (exact) mass is 233 g/mol. The number of amides is 1. The first-order valence-corrected chi connectivity index (χ1v) is 5.25. The number of nitrogens with zero attached hydrogens (tertiary/aromatic N) is 2. The van der Waals surface area contributed by atoms with Crippen LogP contribution in [0.5, 0.6) is 0 Å². The van der Waals surface area contributed by atoms with Gasteiger partial charge in [0, 0.05) is 12.0 Å². The highest BCUT2D eigenvalue weighted by Crippen LogP contribution is 2.28. The molecular formula is C11H11N3O3. The van der Waals surface area contributed by atoms with Crippen LogP contribution in [0.15, 0.2) is 29.4 Å². The van der Waals surface area contributed by atoms with Crippen LogP contribution in [-0.2, 0) is 4.79 Å². The maximum Gasteiger partial charge on any atom is 0.278 e. The number of carbonyl (C=O) groups excluding carboxylic acids is 1. The number of benzene rings is 1. The highest BCUT2D eigenvalue weighted by atomic mass is 16.6. The molecule has 0 aliphatic heterocycles. The summed E-state index contributed by atoms with van der Waals surface area (Å²) in [6, 6.07) is 6.23. The lowest BCUT2D eigenvalue weighted by Gasteiger charge is -1.97. The van der Waals surface area contributed by atoms with Crippen molar-refractivity contribution in [3.05, 3.63) is 39.9 Å². The van der Waals surface area contributed by atoms with Gasteiger partial charge in [-0.1, -0.05) is 12.1 Å². The van der Waals surface area contributed by atoms with Gasteiger partial charge in [0.25, 0.3) is 5.69 Å². The molecule has 0 atom stereocenters. The lowest BCUT2D eigenvalue weighted by atomic mass is 10.2. The first kappa shape index (κ1) is 11.3. The summed E-state index contributed by atoms with van der Waals surface area (Å²) in [5, 5.41) is 14.4. The van der Waals surface area contributed by atoms with Gasteiger partial charge in [-0.15, -0.1) is 0 Å². The molecule has 88 valence electrons. The summed E-state index contributed by atoms with van der Waals surface area (Å²) in [5.74, 6) is -0.0576. The molecule has 0 heterocycles. The average Bonchev–Trinajstić information content (AvgIpc) is 3.13. The molecule has 1 aromatic rings. The van der Waals surface area contributed by atoms with Crippen molar-refractivity contribution in [2.75, 3.05) is 0 Å². The molecule has 0 saturated heterocycles. The summed E-state index contributed by atoms with van der Waals surface area (Å²) in [6.45, 7) is 0. The zero-order chi connectivity index (χ0) is 12.3. The highest BCUT2D eigenvalue weighted by Gasteiger charge is 2.29. The number of hydrogen-bond donors (Lipinski definition) is 1. The normalized spacial score (nSPS) is 14.8. The molecule has 1 aliphatic carbocycles. The van der Waals surface area contributed by atoms with Crippen LogP contribution in [0.1, 0.15) is 18.4 Å². The molecule has 0 unspecified atom stereocenters. The molecule has 17 heavy (non-hydrogen) atoms. The molecule has 0 radical (unpaired) electrons. The molecular weight excluding hydrogens is 222 g/mol. The topological polar surface area (TPSA) is 84.6 Å². The Bertz CT molecular complexity index is 481. The van der Waals surface area contributed by atoms with Gasteiger partial charge in [-0.2, -0.15) is 5.10 Å². The van der Waals surface area contributed by atoms with Gasteiger partial charge in [0.05, 0.1) is 16.7 Å². The van der Waals surface area contributed by atoms with Gasteiger partial charge in [-0.3, -0.25) is 14.9 Å². The van der Waals surface area contributed by atoms with Gasteiger partial charge < -0.3 is 0 Å². The first-order valence-electron chi connectivity index (χ1n) is 5.25. The van der Waals surface area contributed by atoms with E-state index in [1.54, 1.807) is 18.2 Å². The minimum atomic E-state index is -0.482. The second-order valence-corrected chi connectivity index (χ2v) is 3.82. The van der Waals surface area contributed by atoms with Crippen molar-refractivity contribution < 1.29 is 9.72 Å². The summed E-state index contributed by atoms with van der Waals surface area (Å²) < 4.78 is 0. The predicted octanol–water partition coefficient (Wildman–Crippen LogP) is 1.45. The third-order valence-corrected chi connectivity index (χ3v) is 2.46. The Labute approximate surface area is 97.5 Å². The van der Waals surface area contributed by atoms with E-state index in [0.717, 1.165) is 12.8 Å². The van der Waals surface area contributed by atoms with Crippen LogP contribution < -0.4 is 5.43 Å². The van der Waals surface area contributed by atoms with Crippen LogP contribution in [0.4, 0.5) is 5.69 Å².